The van der Waals surface area contributed by atoms with E-state index in [0.717, 1.165) is 21.1 Å². The van der Waals surface area contributed by atoms with Crippen molar-refractivity contribution < 1.29 is 4.79 Å². The molecule has 1 aromatic heterocycles. The second kappa shape index (κ2) is 6.22. The molecule has 0 saturated carbocycles. The van der Waals surface area contributed by atoms with Gasteiger partial charge in [0.2, 0.25) is 0 Å². The highest BCUT2D eigenvalue weighted by atomic mass is 16.2. The summed E-state index contributed by atoms with van der Waals surface area (Å²) in [5.74, 6) is -0.337. The van der Waals surface area contributed by atoms with Crippen LogP contribution in [0.2, 0.25) is 0 Å². The number of hydrazone groups is 1. The second-order valence-corrected chi connectivity index (χ2v) is 4.97. The van der Waals surface area contributed by atoms with Crippen LogP contribution in [0, 0.1) is 0 Å². The van der Waals surface area contributed by atoms with Crippen molar-refractivity contribution in [3.05, 3.63) is 48.0 Å². The highest BCUT2D eigenvalue weighted by Gasteiger charge is 2.06. The summed E-state index contributed by atoms with van der Waals surface area (Å²) in [7, 11) is 0. The van der Waals surface area contributed by atoms with Crippen LogP contribution in [0.15, 0.2) is 47.6 Å². The molecule has 0 atom stereocenters. The number of amides is 1. The predicted molar refractivity (Wildman–Crippen MR) is 86.5 cm³/mol. The average Bonchev–Trinajstić information content (AvgIpc) is 2.97. The summed E-state index contributed by atoms with van der Waals surface area (Å²) >= 11 is 0. The minimum atomic E-state index is -0.359. The van der Waals surface area contributed by atoms with E-state index < -0.39 is 0 Å². The number of anilines is 1. The van der Waals surface area contributed by atoms with Crippen LogP contribution in [0.3, 0.4) is 0 Å². The van der Waals surface area contributed by atoms with E-state index in [1.54, 1.807) is 0 Å². The third-order valence-corrected chi connectivity index (χ3v) is 3.27. The molecule has 0 saturated heterocycles. The summed E-state index contributed by atoms with van der Waals surface area (Å²) in [6, 6.07) is 14.1. The molecule has 0 spiro atoms. The van der Waals surface area contributed by atoms with Crippen molar-refractivity contribution in [1.82, 2.24) is 25.6 Å². The number of fused-ring (bicyclic) bond motifs is 1. The fourth-order valence-electron chi connectivity index (χ4n) is 2.11. The Morgan fingerprint density at radius 2 is 2.04 bits per heavy atom. The van der Waals surface area contributed by atoms with Gasteiger partial charge in [-0.3, -0.25) is 4.79 Å². The lowest BCUT2D eigenvalue weighted by Crippen LogP contribution is -2.25. The molecule has 0 aliphatic heterocycles. The Balaban J connectivity index is 1.69. The Morgan fingerprint density at radius 1 is 1.26 bits per heavy atom. The smallest absolute Gasteiger partial charge is 0.263 e. The van der Waals surface area contributed by atoms with E-state index in [-0.39, 0.29) is 18.4 Å². The number of aromatic nitrogens is 4. The Bertz CT molecular complexity index is 884. The van der Waals surface area contributed by atoms with Gasteiger partial charge in [0.05, 0.1) is 5.71 Å². The average molecular weight is 309 g/mol. The van der Waals surface area contributed by atoms with Crippen molar-refractivity contribution in [2.45, 2.75) is 13.5 Å². The summed E-state index contributed by atoms with van der Waals surface area (Å²) in [6.07, 6.45) is 0. The number of tetrazole rings is 1. The standard InChI is InChI=1S/C15H15N7O/c1-10(12-7-6-11-4-2-3-5-13(11)8-12)17-18-14(23)9-22-20-15(16)19-21-22/h2-8H,9H2,1H3,(H2,16,20)(H,18,23). The first-order valence-electron chi connectivity index (χ1n) is 6.97. The van der Waals surface area contributed by atoms with Crippen LogP contribution in [0.4, 0.5) is 5.95 Å². The first-order valence-corrected chi connectivity index (χ1v) is 6.97. The monoisotopic (exact) mass is 309 g/mol. The maximum atomic E-state index is 11.8. The summed E-state index contributed by atoms with van der Waals surface area (Å²) in [5.41, 5.74) is 9.44. The normalized spacial score (nSPS) is 11.6. The third kappa shape index (κ3) is 3.49. The summed E-state index contributed by atoms with van der Waals surface area (Å²) in [6.45, 7) is 1.73. The van der Waals surface area contributed by atoms with Gasteiger partial charge >= 0.3 is 0 Å². The number of hydrogen-bond donors (Lipinski definition) is 2. The molecule has 116 valence electrons. The lowest BCUT2D eigenvalue weighted by molar-refractivity contribution is -0.122. The molecule has 23 heavy (non-hydrogen) atoms. The summed E-state index contributed by atoms with van der Waals surface area (Å²) in [5, 5.41) is 17.2. The van der Waals surface area contributed by atoms with Gasteiger partial charge in [-0.2, -0.15) is 9.90 Å². The molecule has 1 heterocycles. The van der Waals surface area contributed by atoms with Crippen LogP contribution >= 0.6 is 0 Å². The van der Waals surface area contributed by atoms with Crippen molar-refractivity contribution in [2.75, 3.05) is 5.73 Å². The molecule has 0 unspecified atom stereocenters. The number of carbonyl (C=O) groups excluding carboxylic acids is 1. The van der Waals surface area contributed by atoms with Crippen molar-refractivity contribution in [3.8, 4) is 0 Å². The fourth-order valence-corrected chi connectivity index (χ4v) is 2.11. The minimum Gasteiger partial charge on any atom is -0.365 e. The highest BCUT2D eigenvalue weighted by Crippen LogP contribution is 2.16. The molecular weight excluding hydrogens is 294 g/mol. The van der Waals surface area contributed by atoms with Gasteiger partial charge in [0.1, 0.15) is 6.54 Å². The van der Waals surface area contributed by atoms with E-state index in [4.69, 9.17) is 5.73 Å². The van der Waals surface area contributed by atoms with Crippen LogP contribution in [-0.4, -0.2) is 31.8 Å². The molecule has 1 amide bonds. The molecular formula is C15H15N7O. The van der Waals surface area contributed by atoms with E-state index in [9.17, 15) is 4.79 Å². The molecule has 8 heteroatoms. The molecule has 3 N–H and O–H groups in total. The number of carbonyl (C=O) groups is 1. The van der Waals surface area contributed by atoms with Crippen molar-refractivity contribution in [3.63, 3.8) is 0 Å². The van der Waals surface area contributed by atoms with E-state index in [2.05, 4.69) is 25.9 Å². The van der Waals surface area contributed by atoms with Gasteiger partial charge in [-0.05, 0) is 34.5 Å². The van der Waals surface area contributed by atoms with Crippen LogP contribution in [0.5, 0.6) is 0 Å². The number of nitrogens with two attached hydrogens (primary N) is 1. The molecule has 0 aliphatic carbocycles. The Labute approximate surface area is 132 Å². The van der Waals surface area contributed by atoms with E-state index in [0.29, 0.717) is 5.71 Å². The van der Waals surface area contributed by atoms with Gasteiger partial charge in [-0.25, -0.2) is 5.43 Å². The highest BCUT2D eigenvalue weighted by molar-refractivity contribution is 6.02. The van der Waals surface area contributed by atoms with E-state index in [1.807, 2.05) is 49.4 Å². The van der Waals surface area contributed by atoms with Gasteiger partial charge in [0.15, 0.2) is 0 Å². The predicted octanol–water partition coefficient (Wildman–Crippen LogP) is 0.949. The van der Waals surface area contributed by atoms with Crippen LogP contribution in [-0.2, 0) is 11.3 Å². The second-order valence-electron chi connectivity index (χ2n) is 4.97. The quantitative estimate of drug-likeness (QED) is 0.550. The zero-order valence-electron chi connectivity index (χ0n) is 12.5. The van der Waals surface area contributed by atoms with Gasteiger partial charge in [0, 0.05) is 0 Å². The number of nitrogens with zero attached hydrogens (tertiary/aromatic N) is 5. The number of hydrogen-bond acceptors (Lipinski definition) is 6. The van der Waals surface area contributed by atoms with Crippen molar-refractivity contribution in [1.29, 1.82) is 0 Å². The summed E-state index contributed by atoms with van der Waals surface area (Å²) in [4.78, 5) is 12.9. The zero-order chi connectivity index (χ0) is 16.2. The molecule has 3 aromatic rings. The van der Waals surface area contributed by atoms with Gasteiger partial charge in [-0.1, -0.05) is 41.5 Å². The van der Waals surface area contributed by atoms with Gasteiger partial charge < -0.3 is 5.73 Å². The first kappa shape index (κ1) is 14.6. The lowest BCUT2D eigenvalue weighted by Gasteiger charge is -2.04. The number of nitrogen functional groups attached to an aromatic ring is 1. The maximum absolute atomic E-state index is 11.8. The van der Waals surface area contributed by atoms with Crippen LogP contribution in [0.25, 0.3) is 10.8 Å². The Kier molecular flexibility index (Phi) is 3.96. The third-order valence-electron chi connectivity index (χ3n) is 3.27. The molecule has 8 nitrogen and oxygen atoms in total. The molecule has 0 aliphatic rings. The van der Waals surface area contributed by atoms with Gasteiger partial charge in [0.25, 0.3) is 11.9 Å². The first-order chi connectivity index (χ1) is 11.1. The van der Waals surface area contributed by atoms with Crippen LogP contribution in [0.1, 0.15) is 12.5 Å². The van der Waals surface area contributed by atoms with Crippen molar-refractivity contribution >= 4 is 28.3 Å². The Hall–Kier alpha value is -3.29. The largest absolute Gasteiger partial charge is 0.365 e. The number of rotatable bonds is 4. The SMILES string of the molecule is CC(=NNC(=O)Cn1nnc(N)n1)c1ccc2ccccc2c1. The zero-order valence-corrected chi connectivity index (χ0v) is 12.5. The molecule has 3 rings (SSSR count). The molecule has 2 aromatic carbocycles. The molecule has 0 radical (unpaired) electrons. The Morgan fingerprint density at radius 3 is 2.78 bits per heavy atom. The molecule has 0 bridgehead atoms. The lowest BCUT2D eigenvalue weighted by atomic mass is 10.0. The van der Waals surface area contributed by atoms with Gasteiger partial charge in [-0.15, -0.1) is 5.10 Å². The maximum Gasteiger partial charge on any atom is 0.263 e. The minimum absolute atomic E-state index is 0.0219. The number of benzene rings is 2. The van der Waals surface area contributed by atoms with Crippen LogP contribution < -0.4 is 11.2 Å². The summed E-state index contributed by atoms with van der Waals surface area (Å²) < 4.78 is 0. The topological polar surface area (TPSA) is 111 Å². The van der Waals surface area contributed by atoms with E-state index >= 15 is 0 Å². The number of nitrogens with one attached hydrogen (secondary N) is 1. The van der Waals surface area contributed by atoms with E-state index in [1.165, 1.54) is 0 Å². The van der Waals surface area contributed by atoms with Crippen molar-refractivity contribution in [2.24, 2.45) is 5.10 Å². The fraction of sp³-hybridized carbons (Fsp3) is 0.133. The molecule has 0 fully saturated rings.